The normalized spacial score (nSPS) is 13.5. The number of nitrogens with one attached hydrogen (secondary N) is 1. The van der Waals surface area contributed by atoms with Gasteiger partial charge in [-0.3, -0.25) is 4.40 Å². The van der Waals surface area contributed by atoms with E-state index in [1.54, 1.807) is 24.3 Å². The molecule has 4 aromatic rings. The number of hydrogen-bond donors (Lipinski definition) is 1. The minimum absolute atomic E-state index is 0.286. The number of halogens is 2. The first-order valence-electron chi connectivity index (χ1n) is 9.87. The number of methoxy groups -OCH3 is 1. The van der Waals surface area contributed by atoms with Crippen molar-refractivity contribution in [3.63, 3.8) is 0 Å². The Morgan fingerprint density at radius 2 is 1.97 bits per heavy atom. The second-order valence-corrected chi connectivity index (χ2v) is 7.99. The molecule has 2 aromatic heterocycles. The van der Waals surface area contributed by atoms with Gasteiger partial charge in [-0.2, -0.15) is 0 Å². The van der Waals surface area contributed by atoms with E-state index in [0.717, 1.165) is 23.5 Å². The van der Waals surface area contributed by atoms with E-state index in [-0.39, 0.29) is 11.4 Å². The van der Waals surface area contributed by atoms with E-state index in [2.05, 4.69) is 22.8 Å². The monoisotopic (exact) mass is 435 g/mol. The first kappa shape index (κ1) is 19.5. The SMILES string of the molecule is COc1cccc(F)c1-c1nc2scc(C3=CC=CCC3)n2c1Nc1ccc(F)cc1. The highest BCUT2D eigenvalue weighted by molar-refractivity contribution is 7.15. The minimum Gasteiger partial charge on any atom is -0.496 e. The zero-order chi connectivity index (χ0) is 21.4. The van der Waals surface area contributed by atoms with Gasteiger partial charge < -0.3 is 10.1 Å². The van der Waals surface area contributed by atoms with E-state index in [0.29, 0.717) is 22.9 Å². The molecule has 31 heavy (non-hydrogen) atoms. The molecule has 0 aliphatic heterocycles. The maximum atomic E-state index is 15.0. The van der Waals surface area contributed by atoms with Crippen LogP contribution < -0.4 is 10.1 Å². The van der Waals surface area contributed by atoms with Crippen LogP contribution in [0.3, 0.4) is 0 Å². The van der Waals surface area contributed by atoms with Gasteiger partial charge in [-0.25, -0.2) is 13.8 Å². The molecule has 0 amide bonds. The lowest BCUT2D eigenvalue weighted by Crippen LogP contribution is -2.01. The summed E-state index contributed by atoms with van der Waals surface area (Å²) >= 11 is 1.49. The van der Waals surface area contributed by atoms with Gasteiger partial charge in [0.05, 0.1) is 18.4 Å². The van der Waals surface area contributed by atoms with E-state index >= 15 is 0 Å². The van der Waals surface area contributed by atoms with E-state index in [1.165, 1.54) is 42.2 Å². The zero-order valence-corrected chi connectivity index (χ0v) is 17.5. The summed E-state index contributed by atoms with van der Waals surface area (Å²) in [6.45, 7) is 0. The predicted octanol–water partition coefficient (Wildman–Crippen LogP) is 6.83. The van der Waals surface area contributed by atoms with E-state index in [1.807, 2.05) is 10.5 Å². The molecular formula is C24H19F2N3OS. The second kappa shape index (κ2) is 8.00. The van der Waals surface area contributed by atoms with Crippen LogP contribution in [0.1, 0.15) is 18.5 Å². The van der Waals surface area contributed by atoms with Crippen molar-refractivity contribution < 1.29 is 13.5 Å². The summed E-state index contributed by atoms with van der Waals surface area (Å²) in [5.74, 6) is 0.259. The fourth-order valence-corrected chi connectivity index (χ4v) is 4.68. The van der Waals surface area contributed by atoms with Crippen LogP contribution in [0.5, 0.6) is 5.75 Å². The first-order valence-corrected chi connectivity index (χ1v) is 10.7. The van der Waals surface area contributed by atoms with E-state index in [9.17, 15) is 8.78 Å². The van der Waals surface area contributed by atoms with Gasteiger partial charge in [0.1, 0.15) is 28.9 Å². The Labute approximate surface area is 182 Å². The van der Waals surface area contributed by atoms with Crippen LogP contribution in [-0.4, -0.2) is 16.5 Å². The van der Waals surface area contributed by atoms with Crippen LogP contribution in [-0.2, 0) is 0 Å². The number of thiazole rings is 1. The van der Waals surface area contributed by atoms with Gasteiger partial charge in [0.2, 0.25) is 0 Å². The topological polar surface area (TPSA) is 38.6 Å². The average molecular weight is 435 g/mol. The lowest BCUT2D eigenvalue weighted by atomic mass is 10.0. The molecule has 0 saturated heterocycles. The zero-order valence-electron chi connectivity index (χ0n) is 16.7. The summed E-state index contributed by atoms with van der Waals surface area (Å²) in [6.07, 6.45) is 8.15. The number of anilines is 2. The molecule has 156 valence electrons. The van der Waals surface area contributed by atoms with Crippen LogP contribution in [0.25, 0.3) is 21.8 Å². The van der Waals surface area contributed by atoms with Gasteiger partial charge in [-0.05, 0) is 54.8 Å². The number of allylic oxidation sites excluding steroid dienone is 4. The molecule has 1 N–H and O–H groups in total. The van der Waals surface area contributed by atoms with E-state index < -0.39 is 5.82 Å². The van der Waals surface area contributed by atoms with Crippen molar-refractivity contribution >= 4 is 33.4 Å². The van der Waals surface area contributed by atoms with Crippen molar-refractivity contribution in [3.8, 4) is 17.0 Å². The Bertz CT molecular complexity index is 1320. The van der Waals surface area contributed by atoms with Crippen LogP contribution in [0.15, 0.2) is 66.1 Å². The number of hydrogen-bond acceptors (Lipinski definition) is 4. The third kappa shape index (κ3) is 3.51. The smallest absolute Gasteiger partial charge is 0.196 e. The highest BCUT2D eigenvalue weighted by Gasteiger charge is 2.24. The highest BCUT2D eigenvalue weighted by atomic mass is 32.1. The lowest BCUT2D eigenvalue weighted by molar-refractivity contribution is 0.413. The number of aromatic nitrogens is 2. The molecule has 0 fully saturated rings. The predicted molar refractivity (Wildman–Crippen MR) is 121 cm³/mol. The fraction of sp³-hybridized carbons (Fsp3) is 0.125. The average Bonchev–Trinajstić information content (AvgIpc) is 3.36. The Balaban J connectivity index is 1.76. The van der Waals surface area contributed by atoms with Crippen LogP contribution in [0.4, 0.5) is 20.3 Å². The van der Waals surface area contributed by atoms with Gasteiger partial charge in [-0.1, -0.05) is 24.3 Å². The van der Waals surface area contributed by atoms with Crippen LogP contribution >= 0.6 is 11.3 Å². The van der Waals surface area contributed by atoms with Gasteiger partial charge in [0.15, 0.2) is 4.96 Å². The summed E-state index contributed by atoms with van der Waals surface area (Å²) < 4.78 is 35.8. The maximum absolute atomic E-state index is 15.0. The summed E-state index contributed by atoms with van der Waals surface area (Å²) in [4.78, 5) is 5.49. The molecule has 4 nitrogen and oxygen atoms in total. The third-order valence-corrected chi connectivity index (χ3v) is 6.07. The molecule has 0 bridgehead atoms. The highest BCUT2D eigenvalue weighted by Crippen LogP contribution is 2.41. The molecule has 2 aromatic carbocycles. The Morgan fingerprint density at radius 3 is 2.71 bits per heavy atom. The molecule has 0 saturated carbocycles. The molecule has 0 spiro atoms. The number of nitrogens with zero attached hydrogens (tertiary/aromatic N) is 2. The second-order valence-electron chi connectivity index (χ2n) is 7.16. The lowest BCUT2D eigenvalue weighted by Gasteiger charge is -2.14. The third-order valence-electron chi connectivity index (χ3n) is 5.25. The Kier molecular flexibility index (Phi) is 5.03. The van der Waals surface area contributed by atoms with Gasteiger partial charge in [0, 0.05) is 11.1 Å². The molecule has 0 radical (unpaired) electrons. The molecule has 7 heteroatoms. The largest absolute Gasteiger partial charge is 0.496 e. The van der Waals surface area contributed by atoms with Crippen molar-refractivity contribution in [3.05, 3.63) is 83.4 Å². The number of fused-ring (bicyclic) bond motifs is 1. The van der Waals surface area contributed by atoms with Gasteiger partial charge in [0.25, 0.3) is 0 Å². The fourth-order valence-electron chi connectivity index (χ4n) is 3.76. The van der Waals surface area contributed by atoms with Crippen molar-refractivity contribution in [2.75, 3.05) is 12.4 Å². The van der Waals surface area contributed by atoms with E-state index in [4.69, 9.17) is 9.72 Å². The van der Waals surface area contributed by atoms with Crippen molar-refractivity contribution in [1.82, 2.24) is 9.38 Å². The molecule has 5 rings (SSSR count). The molecule has 2 heterocycles. The van der Waals surface area contributed by atoms with Gasteiger partial charge in [-0.15, -0.1) is 11.3 Å². The quantitative estimate of drug-likeness (QED) is 0.374. The van der Waals surface area contributed by atoms with Crippen molar-refractivity contribution in [2.24, 2.45) is 0 Å². The van der Waals surface area contributed by atoms with Crippen molar-refractivity contribution in [1.29, 1.82) is 0 Å². The minimum atomic E-state index is -0.423. The molecule has 0 atom stereocenters. The van der Waals surface area contributed by atoms with Crippen LogP contribution in [0.2, 0.25) is 0 Å². The van der Waals surface area contributed by atoms with Crippen LogP contribution in [0, 0.1) is 11.6 Å². The summed E-state index contributed by atoms with van der Waals surface area (Å²) in [6, 6.07) is 10.8. The Hall–Kier alpha value is -3.45. The standard InChI is InChI=1S/C24H19F2N3OS/c1-30-20-9-5-8-18(26)21(20)22-23(27-17-12-10-16(25)11-13-17)29-19(14-31-24(29)28-22)15-6-3-2-4-7-15/h2-3,5-6,8-14,27H,4,7H2,1H3. The molecule has 1 aliphatic carbocycles. The number of imidazole rings is 1. The Morgan fingerprint density at radius 1 is 1.13 bits per heavy atom. The molecule has 0 unspecified atom stereocenters. The number of benzene rings is 2. The van der Waals surface area contributed by atoms with Gasteiger partial charge >= 0.3 is 0 Å². The first-order chi connectivity index (χ1) is 15.2. The van der Waals surface area contributed by atoms with Crippen molar-refractivity contribution in [2.45, 2.75) is 12.8 Å². The summed E-state index contributed by atoms with van der Waals surface area (Å²) in [7, 11) is 1.51. The summed E-state index contributed by atoms with van der Waals surface area (Å²) in [5.41, 5.74) is 3.59. The number of rotatable bonds is 5. The number of ether oxygens (including phenoxy) is 1. The molecular weight excluding hydrogens is 416 g/mol. The maximum Gasteiger partial charge on any atom is 0.196 e. The molecule has 1 aliphatic rings. The summed E-state index contributed by atoms with van der Waals surface area (Å²) in [5, 5.41) is 5.40.